The summed E-state index contributed by atoms with van der Waals surface area (Å²) in [6.07, 6.45) is 0. The third-order valence-electron chi connectivity index (χ3n) is 11.7. The summed E-state index contributed by atoms with van der Waals surface area (Å²) in [6, 6.07) is 84.8. The molecule has 0 aliphatic heterocycles. The fraction of sp³-hybridized carbons (Fsp3) is 0. The van der Waals surface area contributed by atoms with Crippen LogP contribution in [-0.2, 0) is 0 Å². The second-order valence-electron chi connectivity index (χ2n) is 15.2. The second kappa shape index (κ2) is 15.1. The predicted molar refractivity (Wildman–Crippen MR) is 253 cm³/mol. The Kier molecular flexibility index (Phi) is 8.87. The van der Waals surface area contributed by atoms with Gasteiger partial charge < -0.3 is 9.32 Å². The molecule has 2 nitrogen and oxygen atoms in total. The highest BCUT2D eigenvalue weighted by Gasteiger charge is 2.24. The van der Waals surface area contributed by atoms with E-state index >= 15 is 0 Å². The van der Waals surface area contributed by atoms with Gasteiger partial charge in [-0.3, -0.25) is 0 Å². The standard InChI is InChI=1S/C58H39NO/c1-2-18-40(19-3-1)46-23-6-7-24-47(46)48-25-8-9-26-49(48)50-27-10-13-33-55(50)59(43-38-36-42(37-39-43)45-30-16-21-41-20-4-5-22-44(41)45)56-34-14-11-28-51(56)53-31-17-32-54-52-29-12-15-35-57(52)60-58(53)54/h1-39H. The molecule has 0 aliphatic rings. The lowest BCUT2D eigenvalue weighted by Gasteiger charge is -2.30. The molecule has 282 valence electrons. The van der Waals surface area contributed by atoms with Crippen molar-refractivity contribution in [3.05, 3.63) is 237 Å². The summed E-state index contributed by atoms with van der Waals surface area (Å²) in [5.41, 5.74) is 16.5. The maximum Gasteiger partial charge on any atom is 0.143 e. The van der Waals surface area contributed by atoms with Crippen LogP contribution in [0.25, 0.3) is 88.3 Å². The van der Waals surface area contributed by atoms with Gasteiger partial charge in [0.25, 0.3) is 0 Å². The number of rotatable bonds is 8. The van der Waals surface area contributed by atoms with Gasteiger partial charge >= 0.3 is 0 Å². The lowest BCUT2D eigenvalue weighted by molar-refractivity contribution is 0.670. The fourth-order valence-corrected chi connectivity index (χ4v) is 8.97. The van der Waals surface area contributed by atoms with E-state index in [4.69, 9.17) is 4.42 Å². The van der Waals surface area contributed by atoms with Gasteiger partial charge in [-0.1, -0.05) is 206 Å². The summed E-state index contributed by atoms with van der Waals surface area (Å²) in [6.45, 7) is 0. The molecule has 1 aromatic heterocycles. The van der Waals surface area contributed by atoms with Crippen LogP contribution in [0.2, 0.25) is 0 Å². The normalized spacial score (nSPS) is 11.3. The number of para-hydroxylation sites is 4. The van der Waals surface area contributed by atoms with Crippen LogP contribution in [-0.4, -0.2) is 0 Å². The molecule has 0 bridgehead atoms. The monoisotopic (exact) mass is 765 g/mol. The van der Waals surface area contributed by atoms with Crippen LogP contribution in [0, 0.1) is 0 Å². The number of furan rings is 1. The van der Waals surface area contributed by atoms with E-state index in [1.54, 1.807) is 0 Å². The van der Waals surface area contributed by atoms with Gasteiger partial charge in [0.2, 0.25) is 0 Å². The molecule has 2 heteroatoms. The van der Waals surface area contributed by atoms with E-state index in [1.807, 2.05) is 6.07 Å². The van der Waals surface area contributed by atoms with Gasteiger partial charge in [-0.25, -0.2) is 0 Å². The molecular formula is C58H39NO. The van der Waals surface area contributed by atoms with Crippen LogP contribution in [0.3, 0.4) is 0 Å². The molecule has 0 N–H and O–H groups in total. The molecule has 0 saturated carbocycles. The van der Waals surface area contributed by atoms with E-state index in [9.17, 15) is 0 Å². The van der Waals surface area contributed by atoms with Gasteiger partial charge in [-0.2, -0.15) is 0 Å². The van der Waals surface area contributed by atoms with E-state index < -0.39 is 0 Å². The smallest absolute Gasteiger partial charge is 0.143 e. The summed E-state index contributed by atoms with van der Waals surface area (Å²) in [4.78, 5) is 2.43. The van der Waals surface area contributed by atoms with Crippen molar-refractivity contribution in [1.29, 1.82) is 0 Å². The van der Waals surface area contributed by atoms with Crippen molar-refractivity contribution in [2.24, 2.45) is 0 Å². The summed E-state index contributed by atoms with van der Waals surface area (Å²) in [5, 5.41) is 4.70. The molecule has 0 saturated heterocycles. The Balaban J connectivity index is 1.14. The molecule has 0 spiro atoms. The second-order valence-corrected chi connectivity index (χ2v) is 15.2. The van der Waals surface area contributed by atoms with Crippen molar-refractivity contribution in [3.63, 3.8) is 0 Å². The minimum Gasteiger partial charge on any atom is -0.455 e. The summed E-state index contributed by atoms with van der Waals surface area (Å²) in [7, 11) is 0. The van der Waals surface area contributed by atoms with Gasteiger partial charge in [-0.05, 0) is 80.0 Å². The van der Waals surface area contributed by atoms with Crippen LogP contribution in [0.5, 0.6) is 0 Å². The minimum atomic E-state index is 0.883. The van der Waals surface area contributed by atoms with Crippen molar-refractivity contribution < 1.29 is 4.42 Å². The van der Waals surface area contributed by atoms with E-state index in [0.29, 0.717) is 0 Å². The fourth-order valence-electron chi connectivity index (χ4n) is 8.97. The molecule has 0 atom stereocenters. The lowest BCUT2D eigenvalue weighted by Crippen LogP contribution is -2.12. The molecule has 11 rings (SSSR count). The van der Waals surface area contributed by atoms with E-state index in [0.717, 1.165) is 61.3 Å². The van der Waals surface area contributed by atoms with Gasteiger partial charge in [-0.15, -0.1) is 0 Å². The van der Waals surface area contributed by atoms with Crippen molar-refractivity contribution in [2.75, 3.05) is 4.90 Å². The van der Waals surface area contributed by atoms with Gasteiger partial charge in [0, 0.05) is 33.2 Å². The highest BCUT2D eigenvalue weighted by Crippen LogP contribution is 2.49. The Labute approximate surface area is 349 Å². The highest BCUT2D eigenvalue weighted by atomic mass is 16.3. The maximum absolute atomic E-state index is 6.67. The molecule has 11 aromatic rings. The van der Waals surface area contributed by atoms with Crippen molar-refractivity contribution in [2.45, 2.75) is 0 Å². The third kappa shape index (κ3) is 6.14. The molecule has 0 amide bonds. The first kappa shape index (κ1) is 35.2. The van der Waals surface area contributed by atoms with Crippen molar-refractivity contribution in [1.82, 2.24) is 0 Å². The average molecular weight is 766 g/mol. The van der Waals surface area contributed by atoms with Crippen LogP contribution in [0.1, 0.15) is 0 Å². The molecule has 0 fully saturated rings. The van der Waals surface area contributed by atoms with Crippen molar-refractivity contribution in [3.8, 4) is 55.6 Å². The zero-order chi connectivity index (χ0) is 39.8. The molecule has 1 heterocycles. The number of hydrogen-bond acceptors (Lipinski definition) is 2. The van der Waals surface area contributed by atoms with Crippen LogP contribution in [0.15, 0.2) is 241 Å². The number of anilines is 3. The van der Waals surface area contributed by atoms with Crippen LogP contribution >= 0.6 is 0 Å². The number of fused-ring (bicyclic) bond motifs is 4. The largest absolute Gasteiger partial charge is 0.455 e. The molecule has 0 radical (unpaired) electrons. The Morgan fingerprint density at radius 1 is 0.267 bits per heavy atom. The van der Waals surface area contributed by atoms with Gasteiger partial charge in [0.1, 0.15) is 11.2 Å². The van der Waals surface area contributed by atoms with Gasteiger partial charge in [0.15, 0.2) is 0 Å². The number of nitrogens with zero attached hydrogens (tertiary/aromatic N) is 1. The Morgan fingerprint density at radius 2 is 0.717 bits per heavy atom. The van der Waals surface area contributed by atoms with Crippen LogP contribution < -0.4 is 4.90 Å². The first-order valence-electron chi connectivity index (χ1n) is 20.5. The van der Waals surface area contributed by atoms with Crippen molar-refractivity contribution >= 4 is 49.8 Å². The van der Waals surface area contributed by atoms with E-state index in [2.05, 4.69) is 235 Å². The molecule has 60 heavy (non-hydrogen) atoms. The third-order valence-corrected chi connectivity index (χ3v) is 11.7. The Morgan fingerprint density at radius 3 is 1.45 bits per heavy atom. The minimum absolute atomic E-state index is 0.883. The number of hydrogen-bond donors (Lipinski definition) is 0. The summed E-state index contributed by atoms with van der Waals surface area (Å²) >= 11 is 0. The Hall–Kier alpha value is -7.94. The predicted octanol–water partition coefficient (Wildman–Crippen LogP) is 16.5. The topological polar surface area (TPSA) is 16.4 Å². The number of benzene rings is 10. The molecular weight excluding hydrogens is 727 g/mol. The maximum atomic E-state index is 6.67. The Bertz CT molecular complexity index is 3320. The molecule has 0 unspecified atom stereocenters. The van der Waals surface area contributed by atoms with Crippen LogP contribution in [0.4, 0.5) is 17.1 Å². The quantitative estimate of drug-likeness (QED) is 0.153. The zero-order valence-corrected chi connectivity index (χ0v) is 32.9. The van der Waals surface area contributed by atoms with E-state index in [-0.39, 0.29) is 0 Å². The van der Waals surface area contributed by atoms with E-state index in [1.165, 1.54) is 44.2 Å². The lowest BCUT2D eigenvalue weighted by atomic mass is 9.88. The highest BCUT2D eigenvalue weighted by molar-refractivity contribution is 6.11. The van der Waals surface area contributed by atoms with Gasteiger partial charge in [0.05, 0.1) is 11.4 Å². The SMILES string of the molecule is c1ccc(-c2ccccc2-c2ccccc2-c2ccccc2N(c2ccc(-c3cccc4ccccc34)cc2)c2ccccc2-c2cccc3c2oc2ccccc23)cc1. The zero-order valence-electron chi connectivity index (χ0n) is 32.9. The first-order chi connectivity index (χ1) is 29.8. The molecule has 0 aliphatic carbocycles. The molecule has 10 aromatic carbocycles. The average Bonchev–Trinajstić information content (AvgIpc) is 3.72. The summed E-state index contributed by atoms with van der Waals surface area (Å²) in [5.74, 6) is 0. The summed E-state index contributed by atoms with van der Waals surface area (Å²) < 4.78 is 6.67. The first-order valence-corrected chi connectivity index (χ1v) is 20.5.